The first-order chi connectivity index (χ1) is 8.85. The third-order valence-electron chi connectivity index (χ3n) is 3.46. The molecule has 18 heavy (non-hydrogen) atoms. The molecule has 2 heteroatoms. The molecule has 0 aliphatic rings. The molecule has 0 heterocycles. The van der Waals surface area contributed by atoms with Crippen molar-refractivity contribution in [2.24, 2.45) is 0 Å². The van der Waals surface area contributed by atoms with Crippen molar-refractivity contribution >= 4 is 11.8 Å². The summed E-state index contributed by atoms with van der Waals surface area (Å²) in [7, 11) is 0. The van der Waals surface area contributed by atoms with Crippen LogP contribution in [0.4, 0.5) is 0 Å². The highest BCUT2D eigenvalue weighted by Crippen LogP contribution is 2.12. The number of unbranched alkanes of at least 4 members (excludes halogenated alkanes) is 7. The van der Waals surface area contributed by atoms with Gasteiger partial charge < -0.3 is 5.32 Å². The molecular formula is C16H35NS. The van der Waals surface area contributed by atoms with Gasteiger partial charge in [-0.1, -0.05) is 65.2 Å². The predicted molar refractivity (Wildman–Crippen MR) is 87.7 cm³/mol. The van der Waals surface area contributed by atoms with Gasteiger partial charge in [0.25, 0.3) is 0 Å². The topological polar surface area (TPSA) is 12.0 Å². The van der Waals surface area contributed by atoms with E-state index in [0.717, 1.165) is 6.04 Å². The van der Waals surface area contributed by atoms with Gasteiger partial charge in [-0.3, -0.25) is 0 Å². The Hall–Kier alpha value is 0.310. The molecule has 0 fully saturated rings. The highest BCUT2D eigenvalue weighted by molar-refractivity contribution is 7.98. The van der Waals surface area contributed by atoms with Crippen LogP contribution < -0.4 is 5.32 Å². The number of hydrogen-bond donors (Lipinski definition) is 1. The normalized spacial score (nSPS) is 12.8. The van der Waals surface area contributed by atoms with Gasteiger partial charge in [0.15, 0.2) is 0 Å². The molecule has 1 N–H and O–H groups in total. The second-order valence-corrected chi connectivity index (χ2v) is 6.28. The van der Waals surface area contributed by atoms with Gasteiger partial charge in [0.2, 0.25) is 0 Å². The maximum Gasteiger partial charge on any atom is 0.0158 e. The van der Waals surface area contributed by atoms with Gasteiger partial charge in [-0.15, -0.1) is 0 Å². The smallest absolute Gasteiger partial charge is 0.0158 e. The number of thioether (sulfide) groups is 1. The minimum atomic E-state index is 0.750. The van der Waals surface area contributed by atoms with Gasteiger partial charge in [-0.2, -0.15) is 11.8 Å². The molecular weight excluding hydrogens is 238 g/mol. The average molecular weight is 274 g/mol. The van der Waals surface area contributed by atoms with Gasteiger partial charge in [0, 0.05) is 11.8 Å². The van der Waals surface area contributed by atoms with Crippen LogP contribution in [0.5, 0.6) is 0 Å². The van der Waals surface area contributed by atoms with Crippen molar-refractivity contribution in [2.45, 2.75) is 84.1 Å². The van der Waals surface area contributed by atoms with Gasteiger partial charge in [-0.25, -0.2) is 0 Å². The summed E-state index contributed by atoms with van der Waals surface area (Å²) in [6.07, 6.45) is 16.3. The summed E-state index contributed by atoms with van der Waals surface area (Å²) in [6, 6.07) is 0.750. The van der Waals surface area contributed by atoms with Crippen molar-refractivity contribution < 1.29 is 0 Å². The van der Waals surface area contributed by atoms with E-state index in [-0.39, 0.29) is 0 Å². The van der Waals surface area contributed by atoms with E-state index in [1.165, 1.54) is 76.5 Å². The lowest BCUT2D eigenvalue weighted by molar-refractivity contribution is 0.481. The van der Waals surface area contributed by atoms with Crippen molar-refractivity contribution in [3.63, 3.8) is 0 Å². The molecule has 0 aromatic rings. The third-order valence-corrected chi connectivity index (χ3v) is 4.19. The number of rotatable bonds is 14. The fourth-order valence-electron chi connectivity index (χ4n) is 2.32. The highest BCUT2D eigenvalue weighted by atomic mass is 32.2. The molecule has 0 saturated carbocycles. The van der Waals surface area contributed by atoms with Gasteiger partial charge in [-0.05, 0) is 25.6 Å². The zero-order valence-corrected chi connectivity index (χ0v) is 13.8. The van der Waals surface area contributed by atoms with Crippen molar-refractivity contribution in [3.05, 3.63) is 0 Å². The number of hydrogen-bond acceptors (Lipinski definition) is 2. The van der Waals surface area contributed by atoms with Crippen LogP contribution in [0.25, 0.3) is 0 Å². The van der Waals surface area contributed by atoms with E-state index in [1.54, 1.807) is 0 Å². The quantitative estimate of drug-likeness (QED) is 0.434. The largest absolute Gasteiger partial charge is 0.313 e. The van der Waals surface area contributed by atoms with Gasteiger partial charge in [0.05, 0.1) is 0 Å². The Morgan fingerprint density at radius 3 is 2.00 bits per heavy atom. The van der Waals surface area contributed by atoms with Crippen LogP contribution in [0.2, 0.25) is 0 Å². The fraction of sp³-hybridized carbons (Fsp3) is 1.00. The van der Waals surface area contributed by atoms with E-state index < -0.39 is 0 Å². The molecule has 0 rings (SSSR count). The minimum Gasteiger partial charge on any atom is -0.313 e. The van der Waals surface area contributed by atoms with Gasteiger partial charge in [0.1, 0.15) is 0 Å². The summed E-state index contributed by atoms with van der Waals surface area (Å²) in [5, 5.41) is 3.67. The third kappa shape index (κ3) is 12.8. The van der Waals surface area contributed by atoms with Crippen LogP contribution in [0, 0.1) is 0 Å². The monoisotopic (exact) mass is 273 g/mol. The Morgan fingerprint density at radius 2 is 1.44 bits per heavy atom. The minimum absolute atomic E-state index is 0.750. The predicted octanol–water partition coefficient (Wildman–Crippen LogP) is 5.25. The molecule has 0 bridgehead atoms. The molecule has 0 aromatic heterocycles. The maximum absolute atomic E-state index is 3.67. The Morgan fingerprint density at radius 1 is 0.833 bits per heavy atom. The lowest BCUT2D eigenvalue weighted by Crippen LogP contribution is -2.31. The zero-order valence-electron chi connectivity index (χ0n) is 13.0. The first-order valence-corrected chi connectivity index (χ1v) is 9.46. The van der Waals surface area contributed by atoms with E-state index in [9.17, 15) is 0 Å². The molecule has 0 aromatic carbocycles. The first kappa shape index (κ1) is 18.3. The summed E-state index contributed by atoms with van der Waals surface area (Å²) in [5.41, 5.74) is 0. The Kier molecular flexibility index (Phi) is 15.6. The van der Waals surface area contributed by atoms with E-state index in [1.807, 2.05) is 11.8 Å². The summed E-state index contributed by atoms with van der Waals surface area (Å²) >= 11 is 1.98. The standard InChI is InChI=1S/C16H35NS/c1-4-6-7-8-9-10-11-12-13-16(15-18-3)17-14-5-2/h16-17H,4-15H2,1-3H3. The second kappa shape index (κ2) is 15.4. The van der Waals surface area contributed by atoms with Crippen LogP contribution in [-0.2, 0) is 0 Å². The maximum atomic E-state index is 3.67. The zero-order chi connectivity index (χ0) is 13.5. The fourth-order valence-corrected chi connectivity index (χ4v) is 3.01. The van der Waals surface area contributed by atoms with Crippen LogP contribution >= 0.6 is 11.8 Å². The SMILES string of the molecule is CCCCCCCCCCC(CSC)NCCC. The molecule has 1 atom stereocenters. The van der Waals surface area contributed by atoms with E-state index in [2.05, 4.69) is 25.4 Å². The van der Waals surface area contributed by atoms with Crippen LogP contribution in [0.1, 0.15) is 78.1 Å². The summed E-state index contributed by atoms with van der Waals surface area (Å²) in [4.78, 5) is 0. The molecule has 1 nitrogen and oxygen atoms in total. The molecule has 110 valence electrons. The molecule has 0 aliphatic heterocycles. The molecule has 0 amide bonds. The molecule has 1 unspecified atom stereocenters. The lowest BCUT2D eigenvalue weighted by atomic mass is 10.1. The summed E-state index contributed by atoms with van der Waals surface area (Å²) < 4.78 is 0. The highest BCUT2D eigenvalue weighted by Gasteiger charge is 2.05. The summed E-state index contributed by atoms with van der Waals surface area (Å²) in [5.74, 6) is 1.27. The second-order valence-electron chi connectivity index (χ2n) is 5.37. The van der Waals surface area contributed by atoms with Crippen LogP contribution in [-0.4, -0.2) is 24.6 Å². The first-order valence-electron chi connectivity index (χ1n) is 8.07. The Balaban J connectivity index is 3.31. The molecule has 0 radical (unpaired) electrons. The van der Waals surface area contributed by atoms with E-state index in [0.29, 0.717) is 0 Å². The van der Waals surface area contributed by atoms with E-state index in [4.69, 9.17) is 0 Å². The number of nitrogens with one attached hydrogen (secondary N) is 1. The Labute approximate surface area is 120 Å². The van der Waals surface area contributed by atoms with Crippen LogP contribution in [0.15, 0.2) is 0 Å². The lowest BCUT2D eigenvalue weighted by Gasteiger charge is -2.17. The summed E-state index contributed by atoms with van der Waals surface area (Å²) in [6.45, 7) is 5.72. The van der Waals surface area contributed by atoms with Crippen molar-refractivity contribution in [2.75, 3.05) is 18.6 Å². The van der Waals surface area contributed by atoms with Crippen molar-refractivity contribution in [1.82, 2.24) is 5.32 Å². The van der Waals surface area contributed by atoms with Gasteiger partial charge >= 0.3 is 0 Å². The average Bonchev–Trinajstić information content (AvgIpc) is 2.39. The molecule has 0 saturated heterocycles. The van der Waals surface area contributed by atoms with E-state index >= 15 is 0 Å². The van der Waals surface area contributed by atoms with Crippen molar-refractivity contribution in [1.29, 1.82) is 0 Å². The van der Waals surface area contributed by atoms with Crippen molar-refractivity contribution in [3.8, 4) is 0 Å². The Bertz CT molecular complexity index is 150. The molecule has 0 aliphatic carbocycles. The molecule has 0 spiro atoms. The van der Waals surface area contributed by atoms with Crippen LogP contribution in [0.3, 0.4) is 0 Å².